The number of rotatable bonds is 6. The lowest BCUT2D eigenvalue weighted by atomic mass is 10.2. The standard InChI is InChI=1S/C16H22N6OS/c1-21-15(11-6-7-11)19-20-16(21)24-10-14(23)18-13-8-9-17-22(13)12-4-2-3-5-12/h8-9,11-12H,2-7,10H2,1H3,(H,18,23). The van der Waals surface area contributed by atoms with Crippen LogP contribution in [0.1, 0.15) is 56.3 Å². The van der Waals surface area contributed by atoms with Crippen LogP contribution in [0.3, 0.4) is 0 Å². The number of anilines is 1. The summed E-state index contributed by atoms with van der Waals surface area (Å²) in [5.41, 5.74) is 0. The number of hydrogen-bond acceptors (Lipinski definition) is 5. The zero-order valence-electron chi connectivity index (χ0n) is 13.8. The number of hydrogen-bond donors (Lipinski definition) is 1. The Bertz CT molecular complexity index is 729. The maximum atomic E-state index is 12.3. The van der Waals surface area contributed by atoms with E-state index in [4.69, 9.17) is 0 Å². The minimum absolute atomic E-state index is 0.0317. The quantitative estimate of drug-likeness (QED) is 0.814. The molecule has 128 valence electrons. The van der Waals surface area contributed by atoms with Crippen LogP contribution in [-0.4, -0.2) is 36.2 Å². The maximum Gasteiger partial charge on any atom is 0.235 e. The number of nitrogens with zero attached hydrogens (tertiary/aromatic N) is 5. The van der Waals surface area contributed by atoms with Crippen molar-refractivity contribution in [1.29, 1.82) is 0 Å². The molecule has 2 aliphatic rings. The summed E-state index contributed by atoms with van der Waals surface area (Å²) in [4.78, 5) is 12.3. The van der Waals surface area contributed by atoms with Gasteiger partial charge in [0.25, 0.3) is 0 Å². The Morgan fingerprint density at radius 2 is 2.08 bits per heavy atom. The van der Waals surface area contributed by atoms with Crippen molar-refractivity contribution in [1.82, 2.24) is 24.5 Å². The average Bonchev–Trinajstić information content (AvgIpc) is 2.98. The van der Waals surface area contributed by atoms with Gasteiger partial charge in [-0.1, -0.05) is 24.6 Å². The Labute approximate surface area is 145 Å². The smallest absolute Gasteiger partial charge is 0.235 e. The summed E-state index contributed by atoms with van der Waals surface area (Å²) in [6.45, 7) is 0. The summed E-state index contributed by atoms with van der Waals surface area (Å²) in [6.07, 6.45) is 8.91. The molecule has 2 aliphatic carbocycles. The normalized spacial score (nSPS) is 18.2. The third-order valence-electron chi connectivity index (χ3n) is 4.75. The van der Waals surface area contributed by atoms with Crippen LogP contribution in [0.15, 0.2) is 17.4 Å². The molecular weight excluding hydrogens is 324 g/mol. The van der Waals surface area contributed by atoms with E-state index in [1.165, 1.54) is 37.4 Å². The molecule has 24 heavy (non-hydrogen) atoms. The van der Waals surface area contributed by atoms with E-state index in [1.807, 2.05) is 22.4 Å². The molecule has 7 nitrogen and oxygen atoms in total. The van der Waals surface area contributed by atoms with Gasteiger partial charge in [0.2, 0.25) is 5.91 Å². The van der Waals surface area contributed by atoms with Gasteiger partial charge in [0.05, 0.1) is 18.0 Å². The number of amides is 1. The molecule has 1 amide bonds. The number of carbonyl (C=O) groups is 1. The molecule has 2 heterocycles. The molecule has 0 unspecified atom stereocenters. The average molecular weight is 346 g/mol. The molecule has 0 aromatic carbocycles. The molecule has 2 fully saturated rings. The van der Waals surface area contributed by atoms with Crippen LogP contribution in [0.25, 0.3) is 0 Å². The first-order chi connectivity index (χ1) is 11.7. The van der Waals surface area contributed by atoms with Crippen molar-refractivity contribution in [2.75, 3.05) is 11.1 Å². The minimum atomic E-state index is -0.0317. The summed E-state index contributed by atoms with van der Waals surface area (Å²) in [7, 11) is 1.98. The van der Waals surface area contributed by atoms with Crippen molar-refractivity contribution in [2.24, 2.45) is 7.05 Å². The molecule has 4 rings (SSSR count). The first-order valence-corrected chi connectivity index (χ1v) is 9.56. The minimum Gasteiger partial charge on any atom is -0.310 e. The topological polar surface area (TPSA) is 77.6 Å². The Hall–Kier alpha value is -1.83. The Balaban J connectivity index is 1.35. The SMILES string of the molecule is Cn1c(SCC(=O)Nc2ccnn2C2CCCC2)nnc1C1CC1. The van der Waals surface area contributed by atoms with E-state index in [2.05, 4.69) is 20.6 Å². The second kappa shape index (κ2) is 6.58. The number of nitrogens with one attached hydrogen (secondary N) is 1. The van der Waals surface area contributed by atoms with Crippen LogP contribution in [0.4, 0.5) is 5.82 Å². The van der Waals surface area contributed by atoms with Gasteiger partial charge < -0.3 is 9.88 Å². The van der Waals surface area contributed by atoms with Gasteiger partial charge in [0.1, 0.15) is 11.6 Å². The molecule has 0 aliphatic heterocycles. The summed E-state index contributed by atoms with van der Waals surface area (Å²) >= 11 is 1.43. The lowest BCUT2D eigenvalue weighted by Gasteiger charge is -2.14. The van der Waals surface area contributed by atoms with E-state index in [0.717, 1.165) is 29.6 Å². The molecular formula is C16H22N6OS. The Morgan fingerprint density at radius 3 is 2.83 bits per heavy atom. The molecule has 2 saturated carbocycles. The monoisotopic (exact) mass is 346 g/mol. The highest BCUT2D eigenvalue weighted by Crippen LogP contribution is 2.39. The van der Waals surface area contributed by atoms with E-state index >= 15 is 0 Å². The summed E-state index contributed by atoms with van der Waals surface area (Å²) in [5, 5.41) is 16.6. The van der Waals surface area contributed by atoms with E-state index in [-0.39, 0.29) is 5.91 Å². The van der Waals surface area contributed by atoms with Crippen LogP contribution in [-0.2, 0) is 11.8 Å². The fourth-order valence-corrected chi connectivity index (χ4v) is 4.03. The highest BCUT2D eigenvalue weighted by molar-refractivity contribution is 7.99. The van der Waals surface area contributed by atoms with Crippen LogP contribution in [0.2, 0.25) is 0 Å². The molecule has 0 radical (unpaired) electrons. The van der Waals surface area contributed by atoms with Crippen molar-refractivity contribution >= 4 is 23.5 Å². The fourth-order valence-electron chi connectivity index (χ4n) is 3.31. The van der Waals surface area contributed by atoms with E-state index in [0.29, 0.717) is 17.7 Å². The third kappa shape index (κ3) is 3.19. The number of carbonyl (C=O) groups excluding carboxylic acids is 1. The van der Waals surface area contributed by atoms with Crippen molar-refractivity contribution in [3.63, 3.8) is 0 Å². The van der Waals surface area contributed by atoms with E-state index < -0.39 is 0 Å². The molecule has 2 aromatic rings. The molecule has 8 heteroatoms. The van der Waals surface area contributed by atoms with Crippen LogP contribution >= 0.6 is 11.8 Å². The first-order valence-electron chi connectivity index (χ1n) is 8.58. The zero-order chi connectivity index (χ0) is 16.5. The van der Waals surface area contributed by atoms with E-state index in [1.54, 1.807) is 6.20 Å². The highest BCUT2D eigenvalue weighted by atomic mass is 32.2. The predicted octanol–water partition coefficient (Wildman–Crippen LogP) is 2.73. The second-order valence-corrected chi connectivity index (χ2v) is 7.55. The van der Waals surface area contributed by atoms with Crippen molar-refractivity contribution in [2.45, 2.75) is 55.6 Å². The van der Waals surface area contributed by atoms with Gasteiger partial charge in [-0.2, -0.15) is 5.10 Å². The molecule has 1 N–H and O–H groups in total. The van der Waals surface area contributed by atoms with Gasteiger partial charge in [-0.3, -0.25) is 4.79 Å². The molecule has 2 aromatic heterocycles. The Morgan fingerprint density at radius 1 is 1.29 bits per heavy atom. The van der Waals surface area contributed by atoms with Crippen LogP contribution < -0.4 is 5.32 Å². The van der Waals surface area contributed by atoms with Crippen LogP contribution in [0, 0.1) is 0 Å². The summed E-state index contributed by atoms with van der Waals surface area (Å²) in [6, 6.07) is 2.29. The van der Waals surface area contributed by atoms with Gasteiger partial charge in [0.15, 0.2) is 5.16 Å². The first kappa shape index (κ1) is 15.7. The lowest BCUT2D eigenvalue weighted by Crippen LogP contribution is -2.19. The molecule has 0 bridgehead atoms. The third-order valence-corrected chi connectivity index (χ3v) is 5.77. The fraction of sp³-hybridized carbons (Fsp3) is 0.625. The lowest BCUT2D eigenvalue weighted by molar-refractivity contribution is -0.113. The van der Waals surface area contributed by atoms with Crippen molar-refractivity contribution < 1.29 is 4.79 Å². The molecule has 0 atom stereocenters. The number of aromatic nitrogens is 5. The van der Waals surface area contributed by atoms with E-state index in [9.17, 15) is 4.79 Å². The zero-order valence-corrected chi connectivity index (χ0v) is 14.6. The summed E-state index contributed by atoms with van der Waals surface area (Å²) in [5.74, 6) is 2.69. The van der Waals surface area contributed by atoms with Crippen molar-refractivity contribution in [3.05, 3.63) is 18.1 Å². The highest BCUT2D eigenvalue weighted by Gasteiger charge is 2.29. The molecule has 0 spiro atoms. The second-order valence-electron chi connectivity index (χ2n) is 6.61. The van der Waals surface area contributed by atoms with Gasteiger partial charge in [-0.15, -0.1) is 10.2 Å². The van der Waals surface area contributed by atoms with Gasteiger partial charge >= 0.3 is 0 Å². The summed E-state index contributed by atoms with van der Waals surface area (Å²) < 4.78 is 3.97. The van der Waals surface area contributed by atoms with Gasteiger partial charge in [-0.25, -0.2) is 4.68 Å². The van der Waals surface area contributed by atoms with Gasteiger partial charge in [-0.05, 0) is 25.7 Å². The van der Waals surface area contributed by atoms with Crippen molar-refractivity contribution in [3.8, 4) is 0 Å². The number of thioether (sulfide) groups is 1. The molecule has 0 saturated heterocycles. The van der Waals surface area contributed by atoms with Crippen LogP contribution in [0.5, 0.6) is 0 Å². The maximum absolute atomic E-state index is 12.3. The van der Waals surface area contributed by atoms with Gasteiger partial charge in [0, 0.05) is 19.0 Å². The predicted molar refractivity (Wildman–Crippen MR) is 92.1 cm³/mol. The Kier molecular flexibility index (Phi) is 4.30. The largest absolute Gasteiger partial charge is 0.310 e.